The molecule has 3 nitrogen and oxygen atoms in total. The standard InChI is InChI=1S/C22H21ClN2O/c1-13(2)15-6-3-4-8-18(15)25-22(26)21-16-7-5-9-19(16)24-20-11-10-14(23)12-17(20)21/h3-4,6,8,10-13H,5,7,9H2,1-2H3,(H,25,26). The molecule has 0 saturated heterocycles. The molecule has 0 aliphatic heterocycles. The highest BCUT2D eigenvalue weighted by Gasteiger charge is 2.24. The molecule has 0 unspecified atom stereocenters. The van der Waals surface area contributed by atoms with Crippen molar-refractivity contribution < 1.29 is 4.79 Å². The van der Waals surface area contributed by atoms with Crippen LogP contribution in [0.4, 0.5) is 5.69 Å². The molecule has 0 bridgehead atoms. The van der Waals surface area contributed by atoms with Gasteiger partial charge in [-0.05, 0) is 60.6 Å². The second-order valence-corrected chi connectivity index (χ2v) is 7.56. The van der Waals surface area contributed by atoms with Gasteiger partial charge in [-0.25, -0.2) is 0 Å². The normalized spacial score (nSPS) is 13.2. The molecule has 1 aromatic heterocycles. The lowest BCUT2D eigenvalue weighted by Crippen LogP contribution is -2.17. The highest BCUT2D eigenvalue weighted by molar-refractivity contribution is 6.31. The van der Waals surface area contributed by atoms with Crippen molar-refractivity contribution in [3.63, 3.8) is 0 Å². The van der Waals surface area contributed by atoms with Gasteiger partial charge in [-0.15, -0.1) is 0 Å². The number of amides is 1. The maximum atomic E-state index is 13.3. The molecule has 0 saturated carbocycles. The third kappa shape index (κ3) is 2.97. The summed E-state index contributed by atoms with van der Waals surface area (Å²) in [6.07, 6.45) is 2.85. The van der Waals surface area contributed by atoms with Crippen molar-refractivity contribution >= 4 is 34.1 Å². The van der Waals surface area contributed by atoms with Gasteiger partial charge in [0.05, 0.1) is 11.1 Å². The van der Waals surface area contributed by atoms with Gasteiger partial charge >= 0.3 is 0 Å². The number of hydrogen-bond donors (Lipinski definition) is 1. The number of nitrogens with one attached hydrogen (secondary N) is 1. The van der Waals surface area contributed by atoms with Crippen LogP contribution in [0.15, 0.2) is 42.5 Å². The van der Waals surface area contributed by atoms with Crippen LogP contribution in [-0.4, -0.2) is 10.9 Å². The number of fused-ring (bicyclic) bond motifs is 2. The Kier molecular flexibility index (Phi) is 4.41. The van der Waals surface area contributed by atoms with Gasteiger partial charge in [-0.2, -0.15) is 0 Å². The molecule has 0 spiro atoms. The van der Waals surface area contributed by atoms with Crippen LogP contribution in [0.25, 0.3) is 10.9 Å². The maximum absolute atomic E-state index is 13.3. The maximum Gasteiger partial charge on any atom is 0.256 e. The van der Waals surface area contributed by atoms with Crippen molar-refractivity contribution in [2.45, 2.75) is 39.0 Å². The molecule has 1 N–H and O–H groups in total. The number of carbonyl (C=O) groups excluding carboxylic acids is 1. The SMILES string of the molecule is CC(C)c1ccccc1NC(=O)c1c2c(nc3ccc(Cl)cc13)CCC2. The van der Waals surface area contributed by atoms with Gasteiger partial charge in [0.15, 0.2) is 0 Å². The number of nitrogens with zero attached hydrogens (tertiary/aromatic N) is 1. The first-order chi connectivity index (χ1) is 12.5. The number of anilines is 1. The number of aryl methyl sites for hydroxylation is 1. The fourth-order valence-electron chi connectivity index (χ4n) is 3.79. The Morgan fingerprint density at radius 3 is 2.77 bits per heavy atom. The van der Waals surface area contributed by atoms with Crippen LogP contribution >= 0.6 is 11.6 Å². The van der Waals surface area contributed by atoms with Crippen LogP contribution in [0.1, 0.15) is 53.4 Å². The molecule has 0 fully saturated rings. The van der Waals surface area contributed by atoms with Crippen molar-refractivity contribution in [1.82, 2.24) is 4.98 Å². The zero-order valence-electron chi connectivity index (χ0n) is 15.0. The van der Waals surface area contributed by atoms with E-state index < -0.39 is 0 Å². The number of hydrogen-bond acceptors (Lipinski definition) is 2. The van der Waals surface area contributed by atoms with Gasteiger partial charge in [0, 0.05) is 21.8 Å². The first-order valence-electron chi connectivity index (χ1n) is 9.06. The van der Waals surface area contributed by atoms with Crippen molar-refractivity contribution in [2.24, 2.45) is 0 Å². The Morgan fingerprint density at radius 2 is 1.96 bits per heavy atom. The molecule has 132 valence electrons. The Morgan fingerprint density at radius 1 is 1.15 bits per heavy atom. The predicted molar refractivity (Wildman–Crippen MR) is 107 cm³/mol. The molecule has 1 heterocycles. The van der Waals surface area contributed by atoms with Crippen LogP contribution in [0.3, 0.4) is 0 Å². The van der Waals surface area contributed by atoms with Crippen LogP contribution in [0.5, 0.6) is 0 Å². The van der Waals surface area contributed by atoms with E-state index in [1.54, 1.807) is 0 Å². The summed E-state index contributed by atoms with van der Waals surface area (Å²) in [6.45, 7) is 4.26. The van der Waals surface area contributed by atoms with Gasteiger partial charge in [0.25, 0.3) is 5.91 Å². The van der Waals surface area contributed by atoms with Crippen molar-refractivity contribution in [3.8, 4) is 0 Å². The van der Waals surface area contributed by atoms with Crippen molar-refractivity contribution in [2.75, 3.05) is 5.32 Å². The smallest absolute Gasteiger partial charge is 0.256 e. The quantitative estimate of drug-likeness (QED) is 0.642. The first-order valence-corrected chi connectivity index (χ1v) is 9.43. The number of halogens is 1. The van der Waals surface area contributed by atoms with E-state index >= 15 is 0 Å². The second-order valence-electron chi connectivity index (χ2n) is 7.12. The minimum atomic E-state index is -0.0779. The van der Waals surface area contributed by atoms with Gasteiger partial charge in [-0.3, -0.25) is 9.78 Å². The molecule has 1 amide bonds. The summed E-state index contributed by atoms with van der Waals surface area (Å²) < 4.78 is 0. The lowest BCUT2D eigenvalue weighted by molar-refractivity contribution is 0.102. The van der Waals surface area contributed by atoms with E-state index in [1.807, 2.05) is 36.4 Å². The molecular weight excluding hydrogens is 344 g/mol. The lowest BCUT2D eigenvalue weighted by atomic mass is 9.98. The molecule has 2 aromatic carbocycles. The number of carbonyl (C=O) groups is 1. The molecule has 4 rings (SSSR count). The average Bonchev–Trinajstić information content (AvgIpc) is 3.07. The van der Waals surface area contributed by atoms with E-state index in [4.69, 9.17) is 16.6 Å². The third-order valence-corrected chi connectivity index (χ3v) is 5.27. The highest BCUT2D eigenvalue weighted by atomic mass is 35.5. The van der Waals surface area contributed by atoms with Crippen molar-refractivity contribution in [3.05, 3.63) is 69.9 Å². The lowest BCUT2D eigenvalue weighted by Gasteiger charge is -2.16. The van der Waals surface area contributed by atoms with Crippen LogP contribution < -0.4 is 5.32 Å². The minimum Gasteiger partial charge on any atom is -0.322 e. The zero-order valence-corrected chi connectivity index (χ0v) is 15.7. The fraction of sp³-hybridized carbons (Fsp3) is 0.273. The first kappa shape index (κ1) is 17.0. The second kappa shape index (κ2) is 6.73. The number of rotatable bonds is 3. The predicted octanol–water partition coefficient (Wildman–Crippen LogP) is 5.75. The molecule has 0 atom stereocenters. The zero-order chi connectivity index (χ0) is 18.3. The number of aromatic nitrogens is 1. The highest BCUT2D eigenvalue weighted by Crippen LogP contribution is 2.32. The summed E-state index contributed by atoms with van der Waals surface area (Å²) in [5.74, 6) is 0.256. The van der Waals surface area contributed by atoms with E-state index in [2.05, 4.69) is 25.2 Å². The van der Waals surface area contributed by atoms with Gasteiger partial charge in [0.1, 0.15) is 0 Å². The van der Waals surface area contributed by atoms with Gasteiger partial charge in [0.2, 0.25) is 0 Å². The molecule has 4 heteroatoms. The molecule has 0 radical (unpaired) electrons. The molecular formula is C22H21ClN2O. The van der Waals surface area contributed by atoms with Crippen molar-refractivity contribution in [1.29, 1.82) is 0 Å². The topological polar surface area (TPSA) is 42.0 Å². The summed E-state index contributed by atoms with van der Waals surface area (Å²) in [5, 5.41) is 4.59. The largest absolute Gasteiger partial charge is 0.322 e. The Labute approximate surface area is 158 Å². The van der Waals surface area contributed by atoms with E-state index in [0.29, 0.717) is 10.9 Å². The molecule has 1 aliphatic carbocycles. The summed E-state index contributed by atoms with van der Waals surface area (Å²) in [4.78, 5) is 18.0. The van der Waals surface area contributed by atoms with E-state index in [0.717, 1.165) is 58.2 Å². The Hall–Kier alpha value is -2.39. The number of pyridine rings is 1. The Bertz CT molecular complexity index is 1010. The molecule has 26 heavy (non-hydrogen) atoms. The molecule has 3 aromatic rings. The fourth-order valence-corrected chi connectivity index (χ4v) is 3.96. The summed E-state index contributed by atoms with van der Waals surface area (Å²) in [6, 6.07) is 13.6. The Balaban J connectivity index is 1.84. The van der Waals surface area contributed by atoms with E-state index in [-0.39, 0.29) is 5.91 Å². The summed E-state index contributed by atoms with van der Waals surface area (Å²) >= 11 is 6.21. The van der Waals surface area contributed by atoms with E-state index in [1.165, 1.54) is 0 Å². The number of para-hydroxylation sites is 1. The van der Waals surface area contributed by atoms with Gasteiger partial charge < -0.3 is 5.32 Å². The summed E-state index contributed by atoms with van der Waals surface area (Å²) in [7, 11) is 0. The summed E-state index contributed by atoms with van der Waals surface area (Å²) in [5.41, 5.74) is 5.67. The minimum absolute atomic E-state index is 0.0779. The van der Waals surface area contributed by atoms with E-state index in [9.17, 15) is 4.79 Å². The number of benzene rings is 2. The average molecular weight is 365 g/mol. The van der Waals surface area contributed by atoms with Crippen LogP contribution in [0.2, 0.25) is 5.02 Å². The van der Waals surface area contributed by atoms with Crippen LogP contribution in [-0.2, 0) is 12.8 Å². The molecule has 1 aliphatic rings. The van der Waals surface area contributed by atoms with Gasteiger partial charge in [-0.1, -0.05) is 43.6 Å². The third-order valence-electron chi connectivity index (χ3n) is 5.03. The monoisotopic (exact) mass is 364 g/mol. The van der Waals surface area contributed by atoms with Crippen LogP contribution in [0, 0.1) is 0 Å².